The first-order valence-corrected chi connectivity index (χ1v) is 10.3. The highest BCUT2D eigenvalue weighted by Crippen LogP contribution is 2.47. The maximum atomic E-state index is 14.3. The Balaban J connectivity index is 1.59. The van der Waals surface area contributed by atoms with E-state index in [-0.39, 0.29) is 36.1 Å². The van der Waals surface area contributed by atoms with E-state index < -0.39 is 5.82 Å². The summed E-state index contributed by atoms with van der Waals surface area (Å²) in [4.78, 5) is 15.1. The van der Waals surface area contributed by atoms with Crippen LogP contribution in [0.15, 0.2) is 72.8 Å². The summed E-state index contributed by atoms with van der Waals surface area (Å²) in [6, 6.07) is 22.1. The summed E-state index contributed by atoms with van der Waals surface area (Å²) in [7, 11) is 0. The van der Waals surface area contributed by atoms with Crippen LogP contribution in [0, 0.1) is 11.7 Å². The van der Waals surface area contributed by atoms with Crippen LogP contribution in [-0.2, 0) is 0 Å². The van der Waals surface area contributed by atoms with E-state index >= 15 is 0 Å². The van der Waals surface area contributed by atoms with Crippen LogP contribution < -0.4 is 5.32 Å². The van der Waals surface area contributed by atoms with Gasteiger partial charge in [0.1, 0.15) is 5.82 Å². The molecule has 3 atom stereocenters. The Kier molecular flexibility index (Phi) is 4.75. The molecule has 0 aromatic heterocycles. The van der Waals surface area contributed by atoms with E-state index in [2.05, 4.69) is 23.5 Å². The van der Waals surface area contributed by atoms with Gasteiger partial charge in [-0.1, -0.05) is 48.5 Å². The van der Waals surface area contributed by atoms with Gasteiger partial charge in [-0.15, -0.1) is 0 Å². The normalized spacial score (nSPS) is 22.2. The van der Waals surface area contributed by atoms with E-state index in [4.69, 9.17) is 0 Å². The molecule has 0 radical (unpaired) electrons. The molecule has 5 rings (SSSR count). The molecule has 2 aliphatic heterocycles. The number of hydrogen-bond acceptors (Lipinski definition) is 3. The number of anilines is 1. The number of amides is 1. The maximum Gasteiger partial charge on any atom is 0.257 e. The topological polar surface area (TPSA) is 52.6 Å². The highest BCUT2D eigenvalue weighted by atomic mass is 19.1. The largest absolute Gasteiger partial charge is 0.394 e. The lowest BCUT2D eigenvalue weighted by Crippen LogP contribution is -2.43. The van der Waals surface area contributed by atoms with E-state index in [1.165, 1.54) is 12.1 Å². The molecular weight excluding hydrogens is 379 g/mol. The number of nitrogens with one attached hydrogen (secondary N) is 1. The Morgan fingerprint density at radius 2 is 1.80 bits per heavy atom. The molecule has 2 aliphatic rings. The summed E-state index contributed by atoms with van der Waals surface area (Å²) in [6.07, 6.45) is 0.762. The zero-order valence-electron chi connectivity index (χ0n) is 16.5. The van der Waals surface area contributed by atoms with E-state index in [9.17, 15) is 14.3 Å². The van der Waals surface area contributed by atoms with Gasteiger partial charge in [0, 0.05) is 18.2 Å². The predicted octanol–water partition coefficient (Wildman–Crippen LogP) is 4.48. The lowest BCUT2D eigenvalue weighted by Gasteiger charge is -2.39. The van der Waals surface area contributed by atoms with Crippen molar-refractivity contribution in [1.82, 2.24) is 4.90 Å². The van der Waals surface area contributed by atoms with Crippen LogP contribution in [0.2, 0.25) is 0 Å². The zero-order valence-corrected chi connectivity index (χ0v) is 16.5. The lowest BCUT2D eigenvalue weighted by atomic mass is 9.82. The van der Waals surface area contributed by atoms with Crippen molar-refractivity contribution in [2.45, 2.75) is 18.5 Å². The summed E-state index contributed by atoms with van der Waals surface area (Å²) in [5.74, 6) is -0.726. The molecule has 2 heterocycles. The number of carbonyl (C=O) groups excluding carboxylic acids is 1. The highest BCUT2D eigenvalue weighted by Gasteiger charge is 2.46. The molecule has 0 unspecified atom stereocenters. The van der Waals surface area contributed by atoms with Crippen LogP contribution >= 0.6 is 0 Å². The van der Waals surface area contributed by atoms with Gasteiger partial charge in [-0.2, -0.15) is 0 Å². The Labute approximate surface area is 175 Å². The van der Waals surface area contributed by atoms with Gasteiger partial charge < -0.3 is 15.3 Å². The molecule has 1 amide bonds. The standard InChI is InChI=1S/C25H23FN2O2/c26-21-9-5-4-8-18(21)25(30)28-13-12-19-23(15-29)27-22-11-10-17(14-20(22)24(19)28)16-6-2-1-3-7-16/h1-11,14,19,23-24,27,29H,12-13,15H2/t19-,23-,24-/m1/s1. The van der Waals surface area contributed by atoms with Gasteiger partial charge in [-0.05, 0) is 47.4 Å². The van der Waals surface area contributed by atoms with Gasteiger partial charge in [-0.3, -0.25) is 4.79 Å². The number of hydrogen-bond donors (Lipinski definition) is 2. The molecule has 3 aromatic rings. The van der Waals surface area contributed by atoms with Crippen molar-refractivity contribution >= 4 is 11.6 Å². The van der Waals surface area contributed by atoms with Gasteiger partial charge in [0.2, 0.25) is 0 Å². The van der Waals surface area contributed by atoms with E-state index in [0.717, 1.165) is 28.8 Å². The zero-order chi connectivity index (χ0) is 20.7. The van der Waals surface area contributed by atoms with Crippen molar-refractivity contribution < 1.29 is 14.3 Å². The van der Waals surface area contributed by atoms with Gasteiger partial charge in [0.25, 0.3) is 5.91 Å². The fourth-order valence-corrected chi connectivity index (χ4v) is 4.89. The highest BCUT2D eigenvalue weighted by molar-refractivity contribution is 5.95. The number of fused-ring (bicyclic) bond motifs is 3. The van der Waals surface area contributed by atoms with Crippen LogP contribution in [0.5, 0.6) is 0 Å². The second-order valence-electron chi connectivity index (χ2n) is 7.98. The Morgan fingerprint density at radius 1 is 1.03 bits per heavy atom. The van der Waals surface area contributed by atoms with Crippen molar-refractivity contribution in [2.24, 2.45) is 5.92 Å². The Hall–Kier alpha value is -3.18. The first-order chi connectivity index (χ1) is 14.7. The summed E-state index contributed by atoms with van der Waals surface area (Å²) < 4.78 is 14.3. The predicted molar refractivity (Wildman–Crippen MR) is 115 cm³/mol. The van der Waals surface area contributed by atoms with Crippen molar-refractivity contribution in [3.63, 3.8) is 0 Å². The van der Waals surface area contributed by atoms with Gasteiger partial charge in [-0.25, -0.2) is 4.39 Å². The third kappa shape index (κ3) is 3.06. The number of aliphatic hydroxyl groups excluding tert-OH is 1. The summed E-state index contributed by atoms with van der Waals surface area (Å²) in [6.45, 7) is 0.526. The van der Waals surface area contributed by atoms with Crippen molar-refractivity contribution in [3.05, 3.63) is 89.7 Å². The van der Waals surface area contributed by atoms with Crippen molar-refractivity contribution in [2.75, 3.05) is 18.5 Å². The fraction of sp³-hybridized carbons (Fsp3) is 0.240. The smallest absolute Gasteiger partial charge is 0.257 e. The number of aliphatic hydroxyl groups is 1. The number of rotatable bonds is 3. The summed E-state index contributed by atoms with van der Waals surface area (Å²) >= 11 is 0. The molecule has 3 aromatic carbocycles. The van der Waals surface area contributed by atoms with Crippen LogP contribution in [0.1, 0.15) is 28.4 Å². The van der Waals surface area contributed by atoms with Crippen LogP contribution in [0.25, 0.3) is 11.1 Å². The fourth-order valence-electron chi connectivity index (χ4n) is 4.89. The number of carbonyl (C=O) groups is 1. The minimum atomic E-state index is -0.503. The SMILES string of the molecule is O=C(c1ccccc1F)N1CC[C@@H]2[C@@H](CO)Nc3ccc(-c4ccccc4)cc3[C@@H]21. The second kappa shape index (κ2) is 7.58. The molecule has 2 N–H and O–H groups in total. The molecule has 0 bridgehead atoms. The molecule has 1 fully saturated rings. The lowest BCUT2D eigenvalue weighted by molar-refractivity contribution is 0.0696. The number of nitrogens with zero attached hydrogens (tertiary/aromatic N) is 1. The average Bonchev–Trinajstić information content (AvgIpc) is 3.24. The molecule has 4 nitrogen and oxygen atoms in total. The van der Waals surface area contributed by atoms with Gasteiger partial charge >= 0.3 is 0 Å². The molecule has 0 aliphatic carbocycles. The quantitative estimate of drug-likeness (QED) is 0.679. The minimum absolute atomic E-state index is 0.0111. The van der Waals surface area contributed by atoms with E-state index in [1.54, 1.807) is 17.0 Å². The third-order valence-corrected chi connectivity index (χ3v) is 6.34. The maximum absolute atomic E-state index is 14.3. The molecule has 0 saturated carbocycles. The van der Waals surface area contributed by atoms with Crippen LogP contribution in [-0.4, -0.2) is 35.1 Å². The molecule has 152 valence electrons. The monoisotopic (exact) mass is 402 g/mol. The van der Waals surface area contributed by atoms with E-state index in [0.29, 0.717) is 6.54 Å². The van der Waals surface area contributed by atoms with Crippen LogP contribution in [0.3, 0.4) is 0 Å². The first-order valence-electron chi connectivity index (χ1n) is 10.3. The van der Waals surface area contributed by atoms with E-state index in [1.807, 2.05) is 30.3 Å². The Bertz CT molecular complexity index is 1090. The average molecular weight is 402 g/mol. The van der Waals surface area contributed by atoms with Gasteiger partial charge in [0.05, 0.1) is 24.3 Å². The summed E-state index contributed by atoms with van der Waals surface area (Å²) in [5.41, 5.74) is 4.21. The van der Waals surface area contributed by atoms with Crippen molar-refractivity contribution in [3.8, 4) is 11.1 Å². The first kappa shape index (κ1) is 18.8. The molecule has 5 heteroatoms. The minimum Gasteiger partial charge on any atom is -0.394 e. The molecule has 0 spiro atoms. The van der Waals surface area contributed by atoms with Gasteiger partial charge in [0.15, 0.2) is 0 Å². The van der Waals surface area contributed by atoms with Crippen LogP contribution in [0.4, 0.5) is 10.1 Å². The number of likely N-dealkylation sites (tertiary alicyclic amines) is 1. The van der Waals surface area contributed by atoms with Crippen molar-refractivity contribution in [1.29, 1.82) is 0 Å². The second-order valence-corrected chi connectivity index (χ2v) is 7.98. The number of benzene rings is 3. The summed E-state index contributed by atoms with van der Waals surface area (Å²) in [5, 5.41) is 13.4. The molecule has 1 saturated heterocycles. The Morgan fingerprint density at radius 3 is 2.57 bits per heavy atom. The molecular formula is C25H23FN2O2. The molecule has 30 heavy (non-hydrogen) atoms. The third-order valence-electron chi connectivity index (χ3n) is 6.34. The number of halogens is 1.